The molecule has 0 spiro atoms. The van der Waals surface area contributed by atoms with Crippen molar-refractivity contribution >= 4 is 44.4 Å². The van der Waals surface area contributed by atoms with E-state index in [1.807, 2.05) is 0 Å². The van der Waals surface area contributed by atoms with Gasteiger partial charge in [0.05, 0.1) is 40.2 Å². The van der Waals surface area contributed by atoms with Crippen LogP contribution in [0.1, 0.15) is 6.92 Å². The molecule has 0 aliphatic rings. The Hall–Kier alpha value is -2.33. The SMILES string of the molecule is CC(=O)Nc1cccc(N(CCO)CCO)c1S(=O)(=O)c1ccc(N)c(Cl)c1. The maximum absolute atomic E-state index is 13.4. The molecule has 0 saturated heterocycles. The van der Waals surface area contributed by atoms with Gasteiger partial charge < -0.3 is 26.2 Å². The van der Waals surface area contributed by atoms with Crippen LogP contribution in [0.3, 0.4) is 0 Å². The Labute approximate surface area is 168 Å². The van der Waals surface area contributed by atoms with E-state index in [1.54, 1.807) is 12.1 Å². The molecule has 0 aliphatic carbocycles. The number of halogens is 1. The zero-order valence-corrected chi connectivity index (χ0v) is 16.8. The minimum atomic E-state index is -4.13. The number of nitrogens with one attached hydrogen (secondary N) is 1. The van der Waals surface area contributed by atoms with Gasteiger partial charge in [-0.25, -0.2) is 8.42 Å². The average molecular weight is 428 g/mol. The van der Waals surface area contributed by atoms with E-state index in [2.05, 4.69) is 5.32 Å². The van der Waals surface area contributed by atoms with Crippen LogP contribution >= 0.6 is 11.6 Å². The summed E-state index contributed by atoms with van der Waals surface area (Å²) in [4.78, 5) is 12.9. The normalized spacial score (nSPS) is 11.3. The zero-order valence-electron chi connectivity index (χ0n) is 15.2. The Kier molecular flexibility index (Phi) is 7.25. The third-order valence-electron chi connectivity index (χ3n) is 3.94. The van der Waals surface area contributed by atoms with Crippen molar-refractivity contribution in [1.29, 1.82) is 0 Å². The summed E-state index contributed by atoms with van der Waals surface area (Å²) >= 11 is 6.00. The number of aliphatic hydroxyl groups excluding tert-OH is 2. The maximum atomic E-state index is 13.4. The first-order valence-corrected chi connectivity index (χ1v) is 10.3. The van der Waals surface area contributed by atoms with E-state index < -0.39 is 15.7 Å². The van der Waals surface area contributed by atoms with Gasteiger partial charge in [0.1, 0.15) is 4.90 Å². The first-order valence-electron chi connectivity index (χ1n) is 8.39. The van der Waals surface area contributed by atoms with Crippen LogP contribution in [0.5, 0.6) is 0 Å². The Bertz CT molecular complexity index is 960. The molecule has 8 nitrogen and oxygen atoms in total. The Morgan fingerprint density at radius 2 is 1.82 bits per heavy atom. The van der Waals surface area contributed by atoms with Crippen molar-refractivity contribution in [3.63, 3.8) is 0 Å². The number of sulfone groups is 1. The highest BCUT2D eigenvalue weighted by Crippen LogP contribution is 2.37. The summed E-state index contributed by atoms with van der Waals surface area (Å²) in [7, 11) is -4.13. The van der Waals surface area contributed by atoms with Gasteiger partial charge in [-0.15, -0.1) is 0 Å². The Morgan fingerprint density at radius 1 is 1.18 bits per heavy atom. The van der Waals surface area contributed by atoms with Crippen LogP contribution < -0.4 is 16.0 Å². The molecule has 5 N–H and O–H groups in total. The molecule has 2 aromatic carbocycles. The maximum Gasteiger partial charge on any atom is 0.221 e. The summed E-state index contributed by atoms with van der Waals surface area (Å²) in [6.07, 6.45) is 0. The predicted molar refractivity (Wildman–Crippen MR) is 108 cm³/mol. The van der Waals surface area contributed by atoms with Crippen molar-refractivity contribution in [3.8, 4) is 0 Å². The van der Waals surface area contributed by atoms with Crippen molar-refractivity contribution in [3.05, 3.63) is 41.4 Å². The second-order valence-electron chi connectivity index (χ2n) is 5.96. The van der Waals surface area contributed by atoms with Gasteiger partial charge in [0, 0.05) is 20.0 Å². The van der Waals surface area contributed by atoms with Gasteiger partial charge in [0.2, 0.25) is 15.7 Å². The molecular weight excluding hydrogens is 406 g/mol. The van der Waals surface area contributed by atoms with E-state index in [0.29, 0.717) is 0 Å². The molecular formula is C18H22ClN3O5S. The van der Waals surface area contributed by atoms with E-state index in [4.69, 9.17) is 17.3 Å². The fourth-order valence-corrected chi connectivity index (χ4v) is 4.61. The smallest absolute Gasteiger partial charge is 0.221 e. The molecule has 0 bridgehead atoms. The fraction of sp³-hybridized carbons (Fsp3) is 0.278. The van der Waals surface area contributed by atoms with Crippen molar-refractivity contribution < 1.29 is 23.4 Å². The average Bonchev–Trinajstić information content (AvgIpc) is 2.63. The number of rotatable bonds is 8. The Balaban J connectivity index is 2.76. The summed E-state index contributed by atoms with van der Waals surface area (Å²) < 4.78 is 26.9. The highest BCUT2D eigenvalue weighted by Gasteiger charge is 2.28. The molecule has 0 atom stereocenters. The number of hydrogen-bond donors (Lipinski definition) is 4. The van der Waals surface area contributed by atoms with Gasteiger partial charge in [-0.05, 0) is 30.3 Å². The van der Waals surface area contributed by atoms with E-state index in [-0.39, 0.29) is 58.2 Å². The number of amides is 1. The van der Waals surface area contributed by atoms with Crippen molar-refractivity contribution in [2.75, 3.05) is 42.3 Å². The van der Waals surface area contributed by atoms with Crippen molar-refractivity contribution in [1.82, 2.24) is 0 Å². The van der Waals surface area contributed by atoms with Crippen molar-refractivity contribution in [2.45, 2.75) is 16.7 Å². The fourth-order valence-electron chi connectivity index (χ4n) is 2.73. The molecule has 0 aliphatic heterocycles. The molecule has 0 fully saturated rings. The van der Waals surface area contributed by atoms with Crippen LogP contribution in [0.15, 0.2) is 46.2 Å². The summed E-state index contributed by atoms with van der Waals surface area (Å²) in [6, 6.07) is 8.54. The lowest BCUT2D eigenvalue weighted by molar-refractivity contribution is -0.114. The third-order valence-corrected chi connectivity index (χ3v) is 6.10. The number of hydrogen-bond acceptors (Lipinski definition) is 7. The molecule has 0 radical (unpaired) electrons. The van der Waals surface area contributed by atoms with Gasteiger partial charge in [0.25, 0.3) is 0 Å². The zero-order chi connectivity index (χ0) is 20.9. The van der Waals surface area contributed by atoms with Crippen LogP contribution in [0.4, 0.5) is 17.1 Å². The lowest BCUT2D eigenvalue weighted by atomic mass is 10.2. The summed E-state index contributed by atoms with van der Waals surface area (Å²) in [5.74, 6) is -0.445. The van der Waals surface area contributed by atoms with Gasteiger partial charge in [-0.3, -0.25) is 4.79 Å². The number of carbonyl (C=O) groups excluding carboxylic acids is 1. The van der Waals surface area contributed by atoms with Gasteiger partial charge >= 0.3 is 0 Å². The number of benzene rings is 2. The molecule has 0 aromatic heterocycles. The molecule has 28 heavy (non-hydrogen) atoms. The first kappa shape index (κ1) is 22.0. The quantitative estimate of drug-likeness (QED) is 0.469. The molecule has 0 unspecified atom stereocenters. The Morgan fingerprint density at radius 3 is 2.36 bits per heavy atom. The topological polar surface area (TPSA) is 133 Å². The molecule has 2 rings (SSSR count). The molecule has 152 valence electrons. The van der Waals surface area contributed by atoms with Crippen LogP contribution in [-0.4, -0.2) is 50.8 Å². The highest BCUT2D eigenvalue weighted by atomic mass is 35.5. The third kappa shape index (κ3) is 4.74. The number of carbonyl (C=O) groups is 1. The van der Waals surface area contributed by atoms with Gasteiger partial charge in [-0.2, -0.15) is 0 Å². The predicted octanol–water partition coefficient (Wildman–Crippen LogP) is 1.50. The molecule has 0 heterocycles. The summed E-state index contributed by atoms with van der Waals surface area (Å²) in [5, 5.41) is 21.3. The van der Waals surface area contributed by atoms with E-state index in [0.717, 1.165) is 0 Å². The van der Waals surface area contributed by atoms with Gasteiger partial charge in [-0.1, -0.05) is 17.7 Å². The number of nitrogens with zero attached hydrogens (tertiary/aromatic N) is 1. The van der Waals surface area contributed by atoms with Gasteiger partial charge in [0.15, 0.2) is 0 Å². The minimum absolute atomic E-state index is 0.0822. The number of nitrogens with two attached hydrogens (primary N) is 1. The first-order chi connectivity index (χ1) is 13.2. The van der Waals surface area contributed by atoms with Crippen molar-refractivity contribution in [2.24, 2.45) is 0 Å². The number of anilines is 3. The largest absolute Gasteiger partial charge is 0.398 e. The molecule has 0 saturated carbocycles. The second-order valence-corrected chi connectivity index (χ2v) is 8.25. The summed E-state index contributed by atoms with van der Waals surface area (Å²) in [6.45, 7) is 0.946. The van der Waals surface area contributed by atoms with Crippen LogP contribution in [0.25, 0.3) is 0 Å². The minimum Gasteiger partial charge on any atom is -0.398 e. The van der Waals surface area contributed by atoms with E-state index in [9.17, 15) is 23.4 Å². The molecule has 10 heteroatoms. The summed E-state index contributed by atoms with van der Waals surface area (Å²) in [5.41, 5.74) is 6.23. The number of nitrogen functional groups attached to an aromatic ring is 1. The standard InChI is InChI=1S/C18H22ClN3O5S/c1-12(25)21-16-3-2-4-17(22(7-9-23)8-10-24)18(16)28(26,27)13-5-6-15(20)14(19)11-13/h2-6,11,23-24H,7-10,20H2,1H3,(H,21,25). The highest BCUT2D eigenvalue weighted by molar-refractivity contribution is 7.91. The monoisotopic (exact) mass is 427 g/mol. The van der Waals surface area contributed by atoms with E-state index >= 15 is 0 Å². The van der Waals surface area contributed by atoms with E-state index in [1.165, 1.54) is 36.1 Å². The van der Waals surface area contributed by atoms with Crippen LogP contribution in [-0.2, 0) is 14.6 Å². The number of aliphatic hydroxyl groups is 2. The van der Waals surface area contributed by atoms with Crippen LogP contribution in [0, 0.1) is 0 Å². The lowest BCUT2D eigenvalue weighted by Gasteiger charge is -2.27. The second kappa shape index (κ2) is 9.24. The molecule has 2 aromatic rings. The van der Waals surface area contributed by atoms with Crippen LogP contribution in [0.2, 0.25) is 5.02 Å². The lowest BCUT2D eigenvalue weighted by Crippen LogP contribution is -2.31. The molecule has 1 amide bonds.